The first-order valence-corrected chi connectivity index (χ1v) is 7.83. The van der Waals surface area contributed by atoms with E-state index in [1.165, 1.54) is 0 Å². The normalized spacial score (nSPS) is 54.1. The Labute approximate surface area is 119 Å². The second-order valence-electron chi connectivity index (χ2n) is 7.49. The first-order valence-electron chi connectivity index (χ1n) is 7.83. The number of nitrogens with zero attached hydrogens (tertiary/aromatic N) is 1. The monoisotopic (exact) mass is 277 g/mol. The molecule has 3 fully saturated rings. The highest BCUT2D eigenvalue weighted by atomic mass is 16.3. The van der Waals surface area contributed by atoms with Crippen LogP contribution in [0.25, 0.3) is 0 Å². The second kappa shape index (κ2) is 3.73. The Bertz CT molecular complexity index is 512. The van der Waals surface area contributed by atoms with Gasteiger partial charge in [0.2, 0.25) is 0 Å². The fourth-order valence-electron chi connectivity index (χ4n) is 5.68. The minimum Gasteiger partial charge on any atom is -0.390 e. The third kappa shape index (κ3) is 1.35. The maximum Gasteiger partial charge on any atom is 0.159 e. The molecule has 0 amide bonds. The number of hydrogen-bond acceptors (Lipinski definition) is 4. The van der Waals surface area contributed by atoms with Gasteiger partial charge in [-0.2, -0.15) is 0 Å². The molecule has 4 nitrogen and oxygen atoms in total. The van der Waals surface area contributed by atoms with E-state index in [1.54, 1.807) is 0 Å². The number of piperidine rings is 1. The lowest BCUT2D eigenvalue weighted by atomic mass is 9.54. The minimum atomic E-state index is -1.04. The zero-order valence-electron chi connectivity index (χ0n) is 12.1. The smallest absolute Gasteiger partial charge is 0.159 e. The molecule has 2 N–H and O–H groups in total. The van der Waals surface area contributed by atoms with Gasteiger partial charge in [0.15, 0.2) is 5.78 Å². The summed E-state index contributed by atoms with van der Waals surface area (Å²) in [4.78, 5) is 14.6. The standard InChI is InChI=1S/C16H23NO3/c1-14(19)9-11-8-13(18)12-4-2-6-17-7-3-5-15(11,12)16(17,20)10-14/h4,11,19-20H,2-3,5-10H2,1H3. The molecular formula is C16H23NO3. The molecule has 1 saturated heterocycles. The first kappa shape index (κ1) is 13.0. The van der Waals surface area contributed by atoms with Crippen LogP contribution in [0.2, 0.25) is 0 Å². The van der Waals surface area contributed by atoms with Crippen molar-refractivity contribution in [3.05, 3.63) is 11.6 Å². The number of Topliss-reactive ketones (excluding diaryl/α,β-unsaturated/α-hetero) is 1. The molecular weight excluding hydrogens is 254 g/mol. The van der Waals surface area contributed by atoms with Crippen molar-refractivity contribution in [1.82, 2.24) is 4.90 Å². The van der Waals surface area contributed by atoms with Gasteiger partial charge in [0.05, 0.1) is 5.60 Å². The minimum absolute atomic E-state index is 0.0934. The Kier molecular flexibility index (Phi) is 2.42. The van der Waals surface area contributed by atoms with Crippen LogP contribution in [0.3, 0.4) is 0 Å². The van der Waals surface area contributed by atoms with E-state index in [4.69, 9.17) is 0 Å². The molecule has 2 aliphatic heterocycles. The van der Waals surface area contributed by atoms with Crippen molar-refractivity contribution in [1.29, 1.82) is 0 Å². The molecule has 110 valence electrons. The highest BCUT2D eigenvalue weighted by molar-refractivity contribution is 6.00. The van der Waals surface area contributed by atoms with E-state index in [9.17, 15) is 15.0 Å². The van der Waals surface area contributed by atoms with E-state index >= 15 is 0 Å². The summed E-state index contributed by atoms with van der Waals surface area (Å²) in [6.07, 6.45) is 6.33. The summed E-state index contributed by atoms with van der Waals surface area (Å²) >= 11 is 0. The molecule has 2 aliphatic carbocycles. The average Bonchev–Trinajstić information content (AvgIpc) is 2.57. The lowest BCUT2D eigenvalue weighted by molar-refractivity contribution is -0.267. The first-order chi connectivity index (χ1) is 9.39. The number of ketones is 1. The molecule has 4 aliphatic rings. The summed E-state index contributed by atoms with van der Waals surface area (Å²) in [7, 11) is 0. The summed E-state index contributed by atoms with van der Waals surface area (Å²) in [6, 6.07) is 0. The van der Waals surface area contributed by atoms with E-state index < -0.39 is 16.7 Å². The van der Waals surface area contributed by atoms with E-state index in [2.05, 4.69) is 11.0 Å². The van der Waals surface area contributed by atoms with Gasteiger partial charge in [-0.3, -0.25) is 9.69 Å². The number of rotatable bonds is 0. The Balaban J connectivity index is 1.95. The van der Waals surface area contributed by atoms with Crippen LogP contribution in [-0.4, -0.2) is 45.3 Å². The van der Waals surface area contributed by atoms with Gasteiger partial charge in [-0.25, -0.2) is 0 Å². The van der Waals surface area contributed by atoms with E-state index in [0.717, 1.165) is 37.9 Å². The van der Waals surface area contributed by atoms with Crippen molar-refractivity contribution in [2.75, 3.05) is 13.1 Å². The third-order valence-electron chi connectivity index (χ3n) is 6.21. The quantitative estimate of drug-likeness (QED) is 0.699. The van der Waals surface area contributed by atoms with Crippen molar-refractivity contribution in [2.45, 2.75) is 56.8 Å². The largest absolute Gasteiger partial charge is 0.390 e. The van der Waals surface area contributed by atoms with Crippen LogP contribution in [-0.2, 0) is 4.79 Å². The molecule has 0 aromatic heterocycles. The van der Waals surface area contributed by atoms with Crippen molar-refractivity contribution in [3.8, 4) is 0 Å². The van der Waals surface area contributed by atoms with Gasteiger partial charge in [-0.1, -0.05) is 6.08 Å². The molecule has 0 radical (unpaired) electrons. The highest BCUT2D eigenvalue weighted by Crippen LogP contribution is 2.65. The van der Waals surface area contributed by atoms with Gasteiger partial charge in [0.1, 0.15) is 5.72 Å². The van der Waals surface area contributed by atoms with Crippen molar-refractivity contribution in [3.63, 3.8) is 0 Å². The van der Waals surface area contributed by atoms with E-state index in [0.29, 0.717) is 19.3 Å². The van der Waals surface area contributed by atoms with Crippen molar-refractivity contribution >= 4 is 5.78 Å². The Morgan fingerprint density at radius 3 is 2.95 bits per heavy atom. The molecule has 4 heteroatoms. The van der Waals surface area contributed by atoms with Crippen LogP contribution in [0.1, 0.15) is 45.4 Å². The number of aliphatic hydroxyl groups is 2. The molecule has 4 rings (SSSR count). The summed E-state index contributed by atoms with van der Waals surface area (Å²) in [5.41, 5.74) is -1.45. The fourth-order valence-corrected chi connectivity index (χ4v) is 5.68. The van der Waals surface area contributed by atoms with Gasteiger partial charge in [-0.05, 0) is 38.5 Å². The van der Waals surface area contributed by atoms with Gasteiger partial charge < -0.3 is 10.2 Å². The zero-order valence-corrected chi connectivity index (χ0v) is 12.1. The van der Waals surface area contributed by atoms with Crippen LogP contribution in [0.5, 0.6) is 0 Å². The fraction of sp³-hybridized carbons (Fsp3) is 0.812. The van der Waals surface area contributed by atoms with Crippen LogP contribution in [0, 0.1) is 11.3 Å². The third-order valence-corrected chi connectivity index (χ3v) is 6.21. The summed E-state index contributed by atoms with van der Waals surface area (Å²) in [5, 5.41) is 22.2. The summed E-state index contributed by atoms with van der Waals surface area (Å²) in [5.74, 6) is 0.297. The summed E-state index contributed by atoms with van der Waals surface area (Å²) < 4.78 is 0. The molecule has 0 aromatic rings. The summed E-state index contributed by atoms with van der Waals surface area (Å²) in [6.45, 7) is 3.47. The molecule has 5 atom stereocenters. The Morgan fingerprint density at radius 1 is 1.35 bits per heavy atom. The molecule has 1 spiro atoms. The maximum atomic E-state index is 12.5. The van der Waals surface area contributed by atoms with Gasteiger partial charge in [0.25, 0.3) is 0 Å². The van der Waals surface area contributed by atoms with Crippen LogP contribution < -0.4 is 0 Å². The topological polar surface area (TPSA) is 60.8 Å². The van der Waals surface area contributed by atoms with Gasteiger partial charge >= 0.3 is 0 Å². The van der Waals surface area contributed by atoms with E-state index in [-0.39, 0.29) is 11.7 Å². The van der Waals surface area contributed by atoms with Crippen molar-refractivity contribution < 1.29 is 15.0 Å². The molecule has 20 heavy (non-hydrogen) atoms. The predicted molar refractivity (Wildman–Crippen MR) is 73.9 cm³/mol. The molecule has 0 aromatic carbocycles. The van der Waals surface area contributed by atoms with Crippen LogP contribution >= 0.6 is 0 Å². The number of carbonyl (C=O) groups is 1. The van der Waals surface area contributed by atoms with Gasteiger partial charge in [0, 0.05) is 36.9 Å². The SMILES string of the molecule is CC1(O)CC2CC(=O)C3=CCCN4CCCC32C4(O)C1. The van der Waals surface area contributed by atoms with E-state index in [1.807, 2.05) is 6.92 Å². The maximum absolute atomic E-state index is 12.5. The molecule has 2 bridgehead atoms. The van der Waals surface area contributed by atoms with Gasteiger partial charge in [-0.15, -0.1) is 0 Å². The molecule has 5 unspecified atom stereocenters. The van der Waals surface area contributed by atoms with Crippen molar-refractivity contribution in [2.24, 2.45) is 11.3 Å². The number of hydrogen-bond donors (Lipinski definition) is 2. The second-order valence-corrected chi connectivity index (χ2v) is 7.49. The zero-order chi connectivity index (χ0) is 14.2. The highest BCUT2D eigenvalue weighted by Gasteiger charge is 2.70. The average molecular weight is 277 g/mol. The van der Waals surface area contributed by atoms with Crippen LogP contribution in [0.4, 0.5) is 0 Å². The Morgan fingerprint density at radius 2 is 2.15 bits per heavy atom. The lowest BCUT2D eigenvalue weighted by Crippen LogP contribution is -2.70. The number of carbonyl (C=O) groups excluding carboxylic acids is 1. The predicted octanol–water partition coefficient (Wildman–Crippen LogP) is 1.22. The van der Waals surface area contributed by atoms with Crippen LogP contribution in [0.15, 0.2) is 11.6 Å². The molecule has 2 saturated carbocycles. The molecule has 2 heterocycles. The lowest BCUT2D eigenvalue weighted by Gasteiger charge is -2.62. The Hall–Kier alpha value is -0.710.